The van der Waals surface area contributed by atoms with E-state index in [-0.39, 0.29) is 11.9 Å². The molecule has 0 saturated heterocycles. The van der Waals surface area contributed by atoms with E-state index < -0.39 is 0 Å². The summed E-state index contributed by atoms with van der Waals surface area (Å²) in [5, 5.41) is 2.75. The molecule has 27 heavy (non-hydrogen) atoms. The van der Waals surface area contributed by atoms with Gasteiger partial charge in [0, 0.05) is 21.8 Å². The van der Waals surface area contributed by atoms with Gasteiger partial charge in [0.25, 0.3) is 0 Å². The van der Waals surface area contributed by atoms with Crippen molar-refractivity contribution in [3.8, 4) is 5.75 Å². The fourth-order valence-corrected chi connectivity index (χ4v) is 3.66. The number of esters is 1. The van der Waals surface area contributed by atoms with E-state index in [0.29, 0.717) is 23.6 Å². The summed E-state index contributed by atoms with van der Waals surface area (Å²) in [6.45, 7) is 2.32. The second kappa shape index (κ2) is 10.3. The van der Waals surface area contributed by atoms with Crippen LogP contribution in [0.25, 0.3) is 6.08 Å². The van der Waals surface area contributed by atoms with E-state index in [1.54, 1.807) is 37.5 Å². The Morgan fingerprint density at radius 3 is 2.48 bits per heavy atom. The molecule has 0 aromatic heterocycles. The number of halogens is 2. The van der Waals surface area contributed by atoms with Crippen LogP contribution in [0.5, 0.6) is 5.75 Å². The van der Waals surface area contributed by atoms with Gasteiger partial charge in [0.15, 0.2) is 0 Å². The van der Waals surface area contributed by atoms with Gasteiger partial charge in [-0.05, 0) is 64.8 Å². The molecule has 1 N–H and O–H groups in total. The predicted octanol–water partition coefficient (Wildman–Crippen LogP) is 5.44. The van der Waals surface area contributed by atoms with E-state index >= 15 is 0 Å². The van der Waals surface area contributed by atoms with Gasteiger partial charge < -0.3 is 14.8 Å². The van der Waals surface area contributed by atoms with Crippen LogP contribution in [0.15, 0.2) is 51.4 Å². The maximum atomic E-state index is 12.2. The Hall–Kier alpha value is -2.12. The summed E-state index contributed by atoms with van der Waals surface area (Å²) < 4.78 is 12.1. The molecule has 0 bridgehead atoms. The Morgan fingerprint density at radius 1 is 1.15 bits per heavy atom. The Labute approximate surface area is 175 Å². The molecule has 1 amide bonds. The van der Waals surface area contributed by atoms with Crippen molar-refractivity contribution in [2.24, 2.45) is 0 Å². The number of carbonyl (C=O) groups is 2. The van der Waals surface area contributed by atoms with Crippen LogP contribution in [0.1, 0.15) is 29.3 Å². The van der Waals surface area contributed by atoms with Crippen molar-refractivity contribution < 1.29 is 19.1 Å². The molecule has 0 atom stereocenters. The first-order chi connectivity index (χ1) is 12.9. The lowest BCUT2D eigenvalue weighted by atomic mass is 10.2. The van der Waals surface area contributed by atoms with Crippen molar-refractivity contribution in [2.75, 3.05) is 19.0 Å². The quantitative estimate of drug-likeness (QED) is 0.409. The molecule has 0 heterocycles. The van der Waals surface area contributed by atoms with E-state index in [2.05, 4.69) is 37.2 Å². The molecule has 0 aliphatic carbocycles. The lowest BCUT2D eigenvalue weighted by Crippen LogP contribution is -2.09. The van der Waals surface area contributed by atoms with E-state index in [0.717, 1.165) is 20.9 Å². The second-order valence-corrected chi connectivity index (χ2v) is 7.32. The molecule has 0 spiro atoms. The summed E-state index contributed by atoms with van der Waals surface area (Å²) in [6.07, 6.45) is 3.85. The largest absolute Gasteiger partial charge is 0.495 e. The number of benzene rings is 2. The highest BCUT2D eigenvalue weighted by Crippen LogP contribution is 2.33. The first-order valence-corrected chi connectivity index (χ1v) is 9.82. The minimum atomic E-state index is -0.373. The van der Waals surface area contributed by atoms with Crippen LogP contribution in [0, 0.1) is 0 Å². The molecule has 0 saturated carbocycles. The molecule has 0 unspecified atom stereocenters. The van der Waals surface area contributed by atoms with Gasteiger partial charge in [0.1, 0.15) is 5.75 Å². The number of hydrogen-bond acceptors (Lipinski definition) is 4. The van der Waals surface area contributed by atoms with Gasteiger partial charge in [0.2, 0.25) is 5.91 Å². The van der Waals surface area contributed by atoms with Crippen molar-refractivity contribution in [2.45, 2.75) is 13.3 Å². The Kier molecular flexibility index (Phi) is 8.06. The molecule has 2 aromatic rings. The van der Waals surface area contributed by atoms with E-state index in [1.165, 1.54) is 6.08 Å². The topological polar surface area (TPSA) is 64.6 Å². The molecule has 142 valence electrons. The van der Waals surface area contributed by atoms with E-state index in [4.69, 9.17) is 9.47 Å². The number of nitrogens with one attached hydrogen (secondary N) is 1. The van der Waals surface area contributed by atoms with Crippen molar-refractivity contribution in [1.82, 2.24) is 0 Å². The number of hydrogen-bond donors (Lipinski definition) is 1. The van der Waals surface area contributed by atoms with Crippen molar-refractivity contribution >= 4 is 55.5 Å². The summed E-state index contributed by atoms with van der Waals surface area (Å²) >= 11 is 6.84. The van der Waals surface area contributed by atoms with Gasteiger partial charge in [-0.3, -0.25) is 4.79 Å². The number of ether oxygens (including phenoxy) is 2. The zero-order valence-electron chi connectivity index (χ0n) is 14.9. The number of carbonyl (C=O) groups excluding carboxylic acids is 2. The fourth-order valence-electron chi connectivity index (χ4n) is 2.24. The highest BCUT2D eigenvalue weighted by Gasteiger charge is 2.09. The fraction of sp³-hybridized carbons (Fsp3) is 0.200. The molecule has 2 rings (SSSR count). The highest BCUT2D eigenvalue weighted by atomic mass is 79.9. The molecule has 0 fully saturated rings. The normalized spacial score (nSPS) is 10.7. The predicted molar refractivity (Wildman–Crippen MR) is 113 cm³/mol. The van der Waals surface area contributed by atoms with E-state index in [1.807, 2.05) is 19.1 Å². The summed E-state index contributed by atoms with van der Waals surface area (Å²) in [4.78, 5) is 23.9. The van der Waals surface area contributed by atoms with Crippen molar-refractivity contribution in [1.29, 1.82) is 0 Å². The molecule has 2 aromatic carbocycles. The number of rotatable bonds is 7. The van der Waals surface area contributed by atoms with Gasteiger partial charge in [-0.1, -0.05) is 22.9 Å². The summed E-state index contributed by atoms with van der Waals surface area (Å²) in [5.74, 6) is -0.0337. The van der Waals surface area contributed by atoms with Crippen LogP contribution in [-0.2, 0) is 9.53 Å². The average molecular weight is 497 g/mol. The molecule has 7 heteroatoms. The lowest BCUT2D eigenvalue weighted by Gasteiger charge is -2.08. The smallest absolute Gasteiger partial charge is 0.338 e. The lowest BCUT2D eigenvalue weighted by molar-refractivity contribution is -0.111. The maximum absolute atomic E-state index is 12.2. The number of methoxy groups -OCH3 is 1. The third kappa shape index (κ3) is 6.22. The Bertz CT molecular complexity index is 848. The van der Waals surface area contributed by atoms with Crippen LogP contribution in [0.4, 0.5) is 5.69 Å². The van der Waals surface area contributed by atoms with Crippen LogP contribution >= 0.6 is 31.9 Å². The minimum Gasteiger partial charge on any atom is -0.495 e. The van der Waals surface area contributed by atoms with Gasteiger partial charge >= 0.3 is 5.97 Å². The molecule has 0 aliphatic rings. The third-order valence-corrected chi connectivity index (χ3v) is 4.53. The van der Waals surface area contributed by atoms with Gasteiger partial charge in [-0.25, -0.2) is 4.79 Å². The minimum absolute atomic E-state index is 0.297. The standard InChI is InChI=1S/C20H19Br2NO4/c1-3-10-27-20(25)13-4-7-16(8-5-13)23-18(24)9-6-14-11-15(21)12-17(22)19(14)26-2/h4-9,11-12H,3,10H2,1-2H3,(H,23,24)/b9-6+. The summed E-state index contributed by atoms with van der Waals surface area (Å²) in [6, 6.07) is 10.3. The van der Waals surface area contributed by atoms with Gasteiger partial charge in [-0.15, -0.1) is 0 Å². The molecular weight excluding hydrogens is 478 g/mol. The zero-order valence-corrected chi connectivity index (χ0v) is 18.1. The highest BCUT2D eigenvalue weighted by molar-refractivity contribution is 9.11. The average Bonchev–Trinajstić information content (AvgIpc) is 2.64. The van der Waals surface area contributed by atoms with Crippen molar-refractivity contribution in [3.63, 3.8) is 0 Å². The first kappa shape index (κ1) is 21.2. The number of amides is 1. The Morgan fingerprint density at radius 2 is 1.85 bits per heavy atom. The second-order valence-electron chi connectivity index (χ2n) is 5.55. The van der Waals surface area contributed by atoms with Crippen LogP contribution in [-0.4, -0.2) is 25.6 Å². The molecular formula is C20H19Br2NO4. The van der Waals surface area contributed by atoms with Crippen LogP contribution in [0.2, 0.25) is 0 Å². The molecule has 5 nitrogen and oxygen atoms in total. The zero-order chi connectivity index (χ0) is 19.8. The van der Waals surface area contributed by atoms with Gasteiger partial charge in [-0.2, -0.15) is 0 Å². The van der Waals surface area contributed by atoms with Crippen LogP contribution < -0.4 is 10.1 Å². The number of anilines is 1. The van der Waals surface area contributed by atoms with Gasteiger partial charge in [0.05, 0.1) is 23.8 Å². The van der Waals surface area contributed by atoms with E-state index in [9.17, 15) is 9.59 Å². The molecule has 0 aliphatic heterocycles. The summed E-state index contributed by atoms with van der Waals surface area (Å²) in [7, 11) is 1.57. The van der Waals surface area contributed by atoms with Crippen LogP contribution in [0.3, 0.4) is 0 Å². The molecule has 0 radical (unpaired) electrons. The monoisotopic (exact) mass is 495 g/mol. The summed E-state index contributed by atoms with van der Waals surface area (Å²) in [5.41, 5.74) is 1.78. The van der Waals surface area contributed by atoms with Crippen molar-refractivity contribution in [3.05, 3.63) is 62.5 Å². The SMILES string of the molecule is CCCOC(=O)c1ccc(NC(=O)/C=C/c2cc(Br)cc(Br)c2OC)cc1. The maximum Gasteiger partial charge on any atom is 0.338 e. The Balaban J connectivity index is 2.04. The first-order valence-electron chi connectivity index (χ1n) is 8.24. The third-order valence-electron chi connectivity index (χ3n) is 3.48.